The van der Waals surface area contributed by atoms with Crippen LogP contribution in [0, 0.1) is 5.92 Å². The number of nitrogens with one attached hydrogen (secondary N) is 1. The van der Waals surface area contributed by atoms with Crippen LogP contribution in [0.25, 0.3) is 0 Å². The Kier molecular flexibility index (Phi) is 4.27. The fourth-order valence-corrected chi connectivity index (χ4v) is 3.42. The van der Waals surface area contributed by atoms with Crippen molar-refractivity contribution in [2.75, 3.05) is 26.2 Å². The zero-order valence-electron chi connectivity index (χ0n) is 11.6. The molecule has 1 aromatic rings. The molecule has 0 spiro atoms. The molecule has 1 atom stereocenters. The molecule has 2 heterocycles. The summed E-state index contributed by atoms with van der Waals surface area (Å²) in [5.41, 5.74) is 1.30. The van der Waals surface area contributed by atoms with Crippen LogP contribution in [0.5, 0.6) is 0 Å². The van der Waals surface area contributed by atoms with E-state index >= 15 is 0 Å². The quantitative estimate of drug-likeness (QED) is 0.909. The highest BCUT2D eigenvalue weighted by molar-refractivity contribution is 6.30. The van der Waals surface area contributed by atoms with Gasteiger partial charge in [0.1, 0.15) is 0 Å². The third kappa shape index (κ3) is 2.99. The Labute approximate surface area is 125 Å². The predicted molar refractivity (Wildman–Crippen MR) is 81.0 cm³/mol. The van der Waals surface area contributed by atoms with Crippen LogP contribution < -0.4 is 5.32 Å². The van der Waals surface area contributed by atoms with Gasteiger partial charge in [0.15, 0.2) is 0 Å². The molecular formula is C16H21ClN2O. The molecule has 2 fully saturated rings. The summed E-state index contributed by atoms with van der Waals surface area (Å²) in [5.74, 6) is 1.07. The number of likely N-dealkylation sites (tertiary alicyclic amines) is 1. The van der Waals surface area contributed by atoms with Crippen LogP contribution in [0.3, 0.4) is 0 Å². The minimum Gasteiger partial charge on any atom is -0.342 e. The number of benzene rings is 1. The molecular weight excluding hydrogens is 272 g/mol. The molecule has 20 heavy (non-hydrogen) atoms. The molecule has 3 rings (SSSR count). The fraction of sp³-hybridized carbons (Fsp3) is 0.562. The summed E-state index contributed by atoms with van der Waals surface area (Å²) in [6.45, 7) is 3.72. The number of carbonyl (C=O) groups excluding carboxylic acids is 1. The summed E-state index contributed by atoms with van der Waals surface area (Å²) in [7, 11) is 0. The molecule has 0 bridgehead atoms. The third-order valence-corrected chi connectivity index (χ3v) is 4.78. The van der Waals surface area contributed by atoms with Crippen LogP contribution in [0.2, 0.25) is 5.02 Å². The first-order chi connectivity index (χ1) is 9.74. The Morgan fingerprint density at radius 3 is 2.55 bits per heavy atom. The first kappa shape index (κ1) is 13.9. The van der Waals surface area contributed by atoms with Gasteiger partial charge >= 0.3 is 0 Å². The number of nitrogens with zero attached hydrogens (tertiary/aromatic N) is 1. The number of halogens is 1. The standard InChI is InChI=1S/C16H21ClN2O/c17-15-3-1-12(2-4-15)14-7-10-19(11-14)16(20)13-5-8-18-9-6-13/h1-4,13-14,18H,5-11H2. The second-order valence-electron chi connectivity index (χ2n) is 5.85. The van der Waals surface area contributed by atoms with E-state index in [9.17, 15) is 4.79 Å². The lowest BCUT2D eigenvalue weighted by Gasteiger charge is -2.26. The normalized spacial score (nSPS) is 24.1. The molecule has 1 N–H and O–H groups in total. The van der Waals surface area contributed by atoms with E-state index in [1.807, 2.05) is 12.1 Å². The lowest BCUT2D eigenvalue weighted by Crippen LogP contribution is -2.39. The van der Waals surface area contributed by atoms with Crippen LogP contribution in [-0.4, -0.2) is 37.0 Å². The van der Waals surface area contributed by atoms with Gasteiger partial charge in [-0.05, 0) is 50.0 Å². The Bertz CT molecular complexity index is 468. The molecule has 2 aliphatic heterocycles. The molecule has 0 aliphatic carbocycles. The highest BCUT2D eigenvalue weighted by atomic mass is 35.5. The van der Waals surface area contributed by atoms with Gasteiger partial charge in [-0.15, -0.1) is 0 Å². The molecule has 0 radical (unpaired) electrons. The van der Waals surface area contributed by atoms with Gasteiger partial charge in [0.25, 0.3) is 0 Å². The highest BCUT2D eigenvalue weighted by Crippen LogP contribution is 2.29. The van der Waals surface area contributed by atoms with Crippen molar-refractivity contribution in [3.63, 3.8) is 0 Å². The van der Waals surface area contributed by atoms with Crippen LogP contribution in [0.15, 0.2) is 24.3 Å². The Balaban J connectivity index is 1.61. The maximum atomic E-state index is 12.5. The maximum Gasteiger partial charge on any atom is 0.225 e. The fourth-order valence-electron chi connectivity index (χ4n) is 3.29. The van der Waals surface area contributed by atoms with Crippen molar-refractivity contribution in [2.24, 2.45) is 5.92 Å². The van der Waals surface area contributed by atoms with Crippen molar-refractivity contribution in [3.8, 4) is 0 Å². The Morgan fingerprint density at radius 1 is 1.15 bits per heavy atom. The minimum absolute atomic E-state index is 0.236. The number of amides is 1. The van der Waals surface area contributed by atoms with Crippen molar-refractivity contribution in [3.05, 3.63) is 34.9 Å². The predicted octanol–water partition coefficient (Wildman–Crippen LogP) is 2.66. The number of carbonyl (C=O) groups is 1. The van der Waals surface area contributed by atoms with Crippen molar-refractivity contribution >= 4 is 17.5 Å². The van der Waals surface area contributed by atoms with E-state index in [0.29, 0.717) is 11.8 Å². The summed E-state index contributed by atoms with van der Waals surface area (Å²) in [4.78, 5) is 14.6. The number of rotatable bonds is 2. The van der Waals surface area contributed by atoms with Gasteiger partial charge in [-0.25, -0.2) is 0 Å². The minimum atomic E-state index is 0.236. The van der Waals surface area contributed by atoms with Crippen LogP contribution in [0.1, 0.15) is 30.7 Å². The van der Waals surface area contributed by atoms with Crippen molar-refractivity contribution in [1.82, 2.24) is 10.2 Å². The zero-order valence-corrected chi connectivity index (χ0v) is 12.4. The summed E-state index contributed by atoms with van der Waals surface area (Å²) < 4.78 is 0. The van der Waals surface area contributed by atoms with Crippen LogP contribution >= 0.6 is 11.6 Å². The highest BCUT2D eigenvalue weighted by Gasteiger charge is 2.31. The van der Waals surface area contributed by atoms with Gasteiger partial charge in [0, 0.05) is 29.9 Å². The lowest BCUT2D eigenvalue weighted by atomic mass is 9.96. The SMILES string of the molecule is O=C(C1CCNCC1)N1CCC(c2ccc(Cl)cc2)C1. The molecule has 1 unspecified atom stereocenters. The maximum absolute atomic E-state index is 12.5. The average molecular weight is 293 g/mol. The lowest BCUT2D eigenvalue weighted by molar-refractivity contribution is -0.135. The second-order valence-corrected chi connectivity index (χ2v) is 6.28. The van der Waals surface area contributed by atoms with Gasteiger partial charge in [0.2, 0.25) is 5.91 Å². The summed E-state index contributed by atoms with van der Waals surface area (Å²) in [6, 6.07) is 8.05. The van der Waals surface area contributed by atoms with E-state index in [4.69, 9.17) is 11.6 Å². The molecule has 0 saturated carbocycles. The molecule has 1 aromatic carbocycles. The zero-order chi connectivity index (χ0) is 13.9. The molecule has 2 saturated heterocycles. The monoisotopic (exact) mass is 292 g/mol. The topological polar surface area (TPSA) is 32.3 Å². The molecule has 4 heteroatoms. The summed E-state index contributed by atoms with van der Waals surface area (Å²) in [6.07, 6.45) is 3.04. The summed E-state index contributed by atoms with van der Waals surface area (Å²) in [5, 5.41) is 4.09. The Morgan fingerprint density at radius 2 is 1.85 bits per heavy atom. The van der Waals surface area contributed by atoms with Gasteiger partial charge in [-0.3, -0.25) is 4.79 Å². The average Bonchev–Trinajstić information content (AvgIpc) is 2.98. The smallest absolute Gasteiger partial charge is 0.225 e. The van der Waals surface area contributed by atoms with E-state index in [-0.39, 0.29) is 5.92 Å². The van der Waals surface area contributed by atoms with E-state index in [1.54, 1.807) is 0 Å². The van der Waals surface area contributed by atoms with Crippen molar-refractivity contribution in [1.29, 1.82) is 0 Å². The van der Waals surface area contributed by atoms with Gasteiger partial charge < -0.3 is 10.2 Å². The van der Waals surface area contributed by atoms with E-state index in [2.05, 4.69) is 22.3 Å². The number of hydrogen-bond acceptors (Lipinski definition) is 2. The molecule has 3 nitrogen and oxygen atoms in total. The second kappa shape index (κ2) is 6.15. The van der Waals surface area contributed by atoms with Gasteiger partial charge in [-0.2, -0.15) is 0 Å². The largest absolute Gasteiger partial charge is 0.342 e. The molecule has 108 valence electrons. The number of piperidine rings is 1. The summed E-state index contributed by atoms with van der Waals surface area (Å²) >= 11 is 5.93. The molecule has 1 amide bonds. The van der Waals surface area contributed by atoms with E-state index < -0.39 is 0 Å². The number of hydrogen-bond donors (Lipinski definition) is 1. The molecule has 0 aromatic heterocycles. The van der Waals surface area contributed by atoms with Gasteiger partial charge in [-0.1, -0.05) is 23.7 Å². The van der Waals surface area contributed by atoms with Crippen molar-refractivity contribution < 1.29 is 4.79 Å². The Hall–Kier alpha value is -1.06. The van der Waals surface area contributed by atoms with E-state index in [0.717, 1.165) is 50.5 Å². The third-order valence-electron chi connectivity index (χ3n) is 4.53. The van der Waals surface area contributed by atoms with E-state index in [1.165, 1.54) is 5.56 Å². The van der Waals surface area contributed by atoms with Crippen LogP contribution in [0.4, 0.5) is 0 Å². The molecule has 2 aliphatic rings. The first-order valence-corrected chi connectivity index (χ1v) is 7.87. The van der Waals surface area contributed by atoms with Crippen molar-refractivity contribution in [2.45, 2.75) is 25.2 Å². The first-order valence-electron chi connectivity index (χ1n) is 7.49. The van der Waals surface area contributed by atoms with Crippen LogP contribution in [-0.2, 0) is 4.79 Å². The van der Waals surface area contributed by atoms with Gasteiger partial charge in [0.05, 0.1) is 0 Å².